The van der Waals surface area contributed by atoms with Crippen molar-refractivity contribution in [2.75, 3.05) is 11.2 Å². The largest absolute Gasteiger partial charge is 0.469 e. The first-order valence-corrected chi connectivity index (χ1v) is 7.89. The first kappa shape index (κ1) is 16.4. The van der Waals surface area contributed by atoms with E-state index in [0.717, 1.165) is 5.56 Å². The lowest BCUT2D eigenvalue weighted by Crippen LogP contribution is -2.06. The molecule has 10 nitrogen and oxygen atoms in total. The molecule has 0 fully saturated rings. The first-order valence-electron chi connectivity index (χ1n) is 7.01. The van der Waals surface area contributed by atoms with Crippen molar-refractivity contribution in [3.8, 4) is 5.75 Å². The van der Waals surface area contributed by atoms with Crippen molar-refractivity contribution in [3.05, 3.63) is 57.6 Å². The summed E-state index contributed by atoms with van der Waals surface area (Å²) < 4.78 is 6.86. The molecule has 0 spiro atoms. The summed E-state index contributed by atoms with van der Waals surface area (Å²) in [7, 11) is 0. The van der Waals surface area contributed by atoms with Crippen LogP contribution in [-0.4, -0.2) is 25.9 Å². The van der Waals surface area contributed by atoms with Crippen LogP contribution in [0.5, 0.6) is 5.75 Å². The minimum Gasteiger partial charge on any atom is -0.469 e. The lowest BCUT2D eigenvalue weighted by Gasteiger charge is -2.04. The number of aromatic nitrogens is 3. The number of hydrazone groups is 1. The Bertz CT molecular complexity index is 888. The quantitative estimate of drug-likeness (QED) is 0.375. The second-order valence-corrected chi connectivity index (χ2v) is 5.62. The summed E-state index contributed by atoms with van der Waals surface area (Å²) in [6.45, 7) is 0.0777. The van der Waals surface area contributed by atoms with Gasteiger partial charge in [-0.05, 0) is 34.8 Å². The van der Waals surface area contributed by atoms with Gasteiger partial charge in [0.1, 0.15) is 11.6 Å². The molecule has 0 unspecified atom stereocenters. The zero-order chi connectivity index (χ0) is 17.6. The molecular weight excluding hydrogens is 346 g/mol. The van der Waals surface area contributed by atoms with Crippen LogP contribution >= 0.6 is 11.3 Å². The van der Waals surface area contributed by atoms with Crippen molar-refractivity contribution in [1.82, 2.24) is 14.8 Å². The number of ether oxygens (including phenoxy) is 1. The summed E-state index contributed by atoms with van der Waals surface area (Å²) in [5.74, 6) is 0.840. The van der Waals surface area contributed by atoms with Crippen molar-refractivity contribution in [2.45, 2.75) is 6.73 Å². The van der Waals surface area contributed by atoms with Gasteiger partial charge in [0.25, 0.3) is 0 Å². The number of hydrogen-bond donors (Lipinski definition) is 2. The van der Waals surface area contributed by atoms with Crippen LogP contribution in [0.2, 0.25) is 0 Å². The molecule has 3 aromatic rings. The van der Waals surface area contributed by atoms with Crippen LogP contribution in [0.15, 0.2) is 47.0 Å². The minimum atomic E-state index is -0.557. The zero-order valence-electron chi connectivity index (χ0n) is 12.8. The number of nitrogens with two attached hydrogens (primary N) is 1. The number of nitrogens with one attached hydrogen (secondary N) is 1. The van der Waals surface area contributed by atoms with Gasteiger partial charge in [-0.15, -0.1) is 16.0 Å². The number of rotatable bonds is 7. The minimum absolute atomic E-state index is 0.0777. The van der Waals surface area contributed by atoms with E-state index in [4.69, 9.17) is 10.5 Å². The number of thiazole rings is 1. The standard InChI is InChI=1S/C14H13N7O3S/c15-12-8-25-14(17-12)18-16-7-10-1-3-11(4-2-10)24-9-20-6-5-13(19-20)21(22)23/h1-8H,9,15H2,(H,17,18). The average Bonchev–Trinajstić information content (AvgIpc) is 3.23. The highest BCUT2D eigenvalue weighted by atomic mass is 32.1. The molecule has 0 aliphatic rings. The van der Waals surface area contributed by atoms with E-state index in [0.29, 0.717) is 16.7 Å². The van der Waals surface area contributed by atoms with E-state index in [1.165, 1.54) is 28.3 Å². The molecule has 0 atom stereocenters. The number of benzene rings is 1. The third kappa shape index (κ3) is 4.51. The predicted octanol–water partition coefficient (Wildman–Crippen LogP) is 2.31. The maximum absolute atomic E-state index is 10.6. The SMILES string of the molecule is Nc1csc(NN=Cc2ccc(OCn3ccc([N+](=O)[O-])n3)cc2)n1. The Kier molecular flexibility index (Phi) is 4.85. The summed E-state index contributed by atoms with van der Waals surface area (Å²) in [4.78, 5) is 14.0. The Morgan fingerprint density at radius 3 is 2.84 bits per heavy atom. The van der Waals surface area contributed by atoms with Crippen LogP contribution in [0.1, 0.15) is 5.56 Å². The highest BCUT2D eigenvalue weighted by molar-refractivity contribution is 7.14. The predicted molar refractivity (Wildman–Crippen MR) is 93.7 cm³/mol. The molecule has 0 bridgehead atoms. The number of nitrogens with zero attached hydrogens (tertiary/aromatic N) is 5. The molecule has 0 radical (unpaired) electrons. The molecule has 25 heavy (non-hydrogen) atoms. The fourth-order valence-corrected chi connectivity index (χ4v) is 2.36. The molecule has 0 aliphatic carbocycles. The summed E-state index contributed by atoms with van der Waals surface area (Å²) in [5.41, 5.74) is 9.16. The molecule has 2 heterocycles. The van der Waals surface area contributed by atoms with Gasteiger partial charge in [-0.1, -0.05) is 0 Å². The zero-order valence-corrected chi connectivity index (χ0v) is 13.6. The van der Waals surface area contributed by atoms with Gasteiger partial charge in [0.15, 0.2) is 0 Å². The Balaban J connectivity index is 1.51. The average molecular weight is 359 g/mol. The molecule has 0 amide bonds. The van der Waals surface area contributed by atoms with E-state index >= 15 is 0 Å². The van der Waals surface area contributed by atoms with Crippen molar-refractivity contribution < 1.29 is 9.66 Å². The van der Waals surface area contributed by atoms with Crippen LogP contribution in [0, 0.1) is 10.1 Å². The molecule has 0 aliphatic heterocycles. The monoisotopic (exact) mass is 359 g/mol. The van der Waals surface area contributed by atoms with Crippen molar-refractivity contribution in [2.24, 2.45) is 5.10 Å². The second-order valence-electron chi connectivity index (χ2n) is 4.76. The normalized spacial score (nSPS) is 10.9. The topological polar surface area (TPSA) is 133 Å². The van der Waals surface area contributed by atoms with Gasteiger partial charge in [0.2, 0.25) is 11.9 Å². The Labute approximate surface area is 145 Å². The van der Waals surface area contributed by atoms with Crippen LogP contribution in [0.3, 0.4) is 0 Å². The smallest absolute Gasteiger partial charge is 0.390 e. The molecule has 128 valence electrons. The van der Waals surface area contributed by atoms with Gasteiger partial charge in [0.05, 0.1) is 23.6 Å². The number of anilines is 2. The van der Waals surface area contributed by atoms with E-state index in [1.54, 1.807) is 23.7 Å². The van der Waals surface area contributed by atoms with Crippen LogP contribution < -0.4 is 15.9 Å². The molecule has 2 aromatic heterocycles. The summed E-state index contributed by atoms with van der Waals surface area (Å²) in [6, 6.07) is 8.48. The van der Waals surface area contributed by atoms with Crippen LogP contribution in [-0.2, 0) is 6.73 Å². The third-order valence-electron chi connectivity index (χ3n) is 2.95. The van der Waals surface area contributed by atoms with Gasteiger partial charge < -0.3 is 20.6 Å². The molecule has 0 saturated carbocycles. The lowest BCUT2D eigenvalue weighted by atomic mass is 10.2. The van der Waals surface area contributed by atoms with Crippen molar-refractivity contribution in [3.63, 3.8) is 0 Å². The summed E-state index contributed by atoms with van der Waals surface area (Å²) in [6.07, 6.45) is 3.12. The maximum Gasteiger partial charge on any atom is 0.390 e. The van der Waals surface area contributed by atoms with Crippen molar-refractivity contribution >= 4 is 34.3 Å². The number of nitrogen functional groups attached to an aromatic ring is 1. The second kappa shape index (κ2) is 7.40. The molecule has 3 N–H and O–H groups in total. The van der Waals surface area contributed by atoms with E-state index in [2.05, 4.69) is 20.6 Å². The molecule has 11 heteroatoms. The summed E-state index contributed by atoms with van der Waals surface area (Å²) >= 11 is 1.36. The van der Waals surface area contributed by atoms with E-state index in [9.17, 15) is 10.1 Å². The van der Waals surface area contributed by atoms with Crippen LogP contribution in [0.25, 0.3) is 0 Å². The fourth-order valence-electron chi connectivity index (χ4n) is 1.81. The molecule has 0 saturated heterocycles. The van der Waals surface area contributed by atoms with E-state index < -0.39 is 4.92 Å². The van der Waals surface area contributed by atoms with E-state index in [-0.39, 0.29) is 12.5 Å². The van der Waals surface area contributed by atoms with Crippen molar-refractivity contribution in [1.29, 1.82) is 0 Å². The molecule has 3 rings (SSSR count). The fraction of sp³-hybridized carbons (Fsp3) is 0.0714. The van der Waals surface area contributed by atoms with Gasteiger partial charge in [-0.3, -0.25) is 5.43 Å². The highest BCUT2D eigenvalue weighted by Gasteiger charge is 2.10. The van der Waals surface area contributed by atoms with Gasteiger partial charge in [-0.2, -0.15) is 5.10 Å². The number of nitro groups is 1. The van der Waals surface area contributed by atoms with Gasteiger partial charge in [-0.25, -0.2) is 4.98 Å². The molecule has 1 aromatic carbocycles. The van der Waals surface area contributed by atoms with Crippen LogP contribution in [0.4, 0.5) is 16.8 Å². The Morgan fingerprint density at radius 2 is 2.20 bits per heavy atom. The highest BCUT2D eigenvalue weighted by Crippen LogP contribution is 2.16. The Hall–Kier alpha value is -3.47. The Morgan fingerprint density at radius 1 is 1.40 bits per heavy atom. The third-order valence-corrected chi connectivity index (χ3v) is 3.72. The number of hydrogen-bond acceptors (Lipinski definition) is 9. The van der Waals surface area contributed by atoms with Gasteiger partial charge >= 0.3 is 5.82 Å². The van der Waals surface area contributed by atoms with Gasteiger partial charge in [0, 0.05) is 5.38 Å². The lowest BCUT2D eigenvalue weighted by molar-refractivity contribution is -0.389. The summed E-state index contributed by atoms with van der Waals surface area (Å²) in [5, 5.41) is 20.7. The molecular formula is C14H13N7O3S. The first-order chi connectivity index (χ1) is 12.1. The van der Waals surface area contributed by atoms with E-state index in [1.807, 2.05) is 12.1 Å². The maximum atomic E-state index is 10.6.